The van der Waals surface area contributed by atoms with Gasteiger partial charge in [-0.15, -0.1) is 0 Å². The number of hydrogen-bond donors (Lipinski definition) is 1. The molecule has 446 valence electrons. The van der Waals surface area contributed by atoms with E-state index in [1.54, 1.807) is 0 Å². The average molecular weight is 1100 g/mol. The topological polar surface area (TPSA) is 114 Å². The lowest BCUT2D eigenvalue weighted by Gasteiger charge is -2.30. The molecule has 0 aliphatic rings. The van der Waals surface area contributed by atoms with Crippen LogP contribution in [0.25, 0.3) is 0 Å². The van der Waals surface area contributed by atoms with Crippen LogP contribution >= 0.6 is 7.82 Å². The number of phosphoric acid groups is 1. The van der Waals surface area contributed by atoms with Gasteiger partial charge in [0.2, 0.25) is 5.91 Å². The molecule has 0 bridgehead atoms. The molecule has 1 amide bonds. The van der Waals surface area contributed by atoms with Crippen LogP contribution in [0.15, 0.2) is 85.1 Å². The number of quaternary nitrogens is 1. The second-order valence-corrected chi connectivity index (χ2v) is 23.9. The standard InChI is InChI=1S/C67H121N2O7P/c1-7-10-13-16-19-22-25-28-30-32-34-36-38-41-44-47-50-53-56-59-66(70)68-64(63-75-77(72,73)74-62-61-69(4,5)6)65(58-55-52-49-46-43-40-27-24-21-18-15-12-9-3)76-67(71)60-57-54-51-48-45-42-39-37-35-33-31-29-26-23-20-17-14-11-8-2/h10,13,19,22,28-31,34,36,41,44,55,58,64-65H,7-9,11-12,14-18,20-21,23-27,32-33,35,37-40,42-43,45-54,56-57,59-63H2,1-6H3,(H-,68,70,72,73)/b13-10-,22-19-,30-28-,31-29+,36-34-,44-41-,58-55+. The molecule has 0 aliphatic carbocycles. The highest BCUT2D eigenvalue weighted by Gasteiger charge is 2.27. The van der Waals surface area contributed by atoms with Crippen LogP contribution in [0.1, 0.15) is 278 Å². The molecule has 0 radical (unpaired) electrons. The fourth-order valence-corrected chi connectivity index (χ4v) is 9.62. The normalized spacial score (nSPS) is 14.2. The zero-order valence-corrected chi connectivity index (χ0v) is 51.8. The summed E-state index contributed by atoms with van der Waals surface area (Å²) in [5, 5.41) is 3.01. The predicted octanol–water partition coefficient (Wildman–Crippen LogP) is 19.1. The first-order chi connectivity index (χ1) is 37.4. The number of allylic oxidation sites excluding steroid dienone is 13. The average Bonchev–Trinajstić information content (AvgIpc) is 3.39. The van der Waals surface area contributed by atoms with Gasteiger partial charge in [0.25, 0.3) is 7.82 Å². The van der Waals surface area contributed by atoms with Gasteiger partial charge >= 0.3 is 5.97 Å². The number of likely N-dealkylation sites (N-methyl/N-ethyl adjacent to an activating group) is 1. The number of hydrogen-bond acceptors (Lipinski definition) is 7. The molecule has 0 saturated heterocycles. The first-order valence-electron chi connectivity index (χ1n) is 31.9. The van der Waals surface area contributed by atoms with Gasteiger partial charge in [-0.1, -0.05) is 247 Å². The Labute approximate surface area is 476 Å². The summed E-state index contributed by atoms with van der Waals surface area (Å²) in [4.78, 5) is 40.0. The quantitative estimate of drug-likeness (QED) is 0.0212. The molecule has 0 spiro atoms. The fourth-order valence-electron chi connectivity index (χ4n) is 8.90. The van der Waals surface area contributed by atoms with E-state index in [-0.39, 0.29) is 31.3 Å². The number of nitrogens with one attached hydrogen (secondary N) is 1. The SMILES string of the molecule is CC/C=C\C/C=C\C/C=C\C/C=C\C/C=C\CCCCCC(=O)NC(COP(=O)([O-])OCC[N+](C)(C)C)C(/C=C/CCCCCCCCCCCCC)OC(=O)CCCCCCCCCCC/C=C/CCCCCCCC. The van der Waals surface area contributed by atoms with Crippen LogP contribution in [0.3, 0.4) is 0 Å². The van der Waals surface area contributed by atoms with Gasteiger partial charge in [0.05, 0.1) is 33.8 Å². The van der Waals surface area contributed by atoms with E-state index in [0.717, 1.165) is 89.9 Å². The summed E-state index contributed by atoms with van der Waals surface area (Å²) >= 11 is 0. The van der Waals surface area contributed by atoms with E-state index in [4.69, 9.17) is 13.8 Å². The smallest absolute Gasteiger partial charge is 0.306 e. The van der Waals surface area contributed by atoms with Crippen LogP contribution in [-0.2, 0) is 27.9 Å². The monoisotopic (exact) mass is 1100 g/mol. The Hall–Kier alpha value is -2.81. The number of unbranched alkanes of at least 4 members (excludes halogenated alkanes) is 29. The lowest BCUT2D eigenvalue weighted by atomic mass is 10.0. The van der Waals surface area contributed by atoms with Crippen LogP contribution in [0.2, 0.25) is 0 Å². The van der Waals surface area contributed by atoms with Crippen LogP contribution in [0.4, 0.5) is 0 Å². The van der Waals surface area contributed by atoms with Gasteiger partial charge in [0, 0.05) is 12.8 Å². The lowest BCUT2D eigenvalue weighted by Crippen LogP contribution is -2.47. The predicted molar refractivity (Wildman–Crippen MR) is 330 cm³/mol. The van der Waals surface area contributed by atoms with E-state index in [1.807, 2.05) is 33.3 Å². The molecule has 77 heavy (non-hydrogen) atoms. The van der Waals surface area contributed by atoms with Gasteiger partial charge in [-0.3, -0.25) is 14.2 Å². The summed E-state index contributed by atoms with van der Waals surface area (Å²) < 4.78 is 30.3. The second-order valence-electron chi connectivity index (χ2n) is 22.5. The summed E-state index contributed by atoms with van der Waals surface area (Å²) in [6.07, 6.45) is 74.0. The maximum atomic E-state index is 13.5. The molecule has 1 N–H and O–H groups in total. The highest BCUT2D eigenvalue weighted by molar-refractivity contribution is 7.45. The van der Waals surface area contributed by atoms with Crippen molar-refractivity contribution in [2.75, 3.05) is 40.9 Å². The Morgan fingerprint density at radius 1 is 0.468 bits per heavy atom. The Balaban J connectivity index is 5.33. The molecule has 9 nitrogen and oxygen atoms in total. The number of ether oxygens (including phenoxy) is 1. The summed E-state index contributed by atoms with van der Waals surface area (Å²) in [5.41, 5.74) is 0. The molecule has 3 atom stereocenters. The molecule has 0 heterocycles. The van der Waals surface area contributed by atoms with Crippen molar-refractivity contribution in [3.8, 4) is 0 Å². The van der Waals surface area contributed by atoms with Gasteiger partial charge in [-0.25, -0.2) is 0 Å². The van der Waals surface area contributed by atoms with E-state index in [0.29, 0.717) is 17.4 Å². The van der Waals surface area contributed by atoms with Crippen molar-refractivity contribution in [2.45, 2.75) is 290 Å². The maximum Gasteiger partial charge on any atom is 0.306 e. The van der Waals surface area contributed by atoms with Crippen molar-refractivity contribution in [3.05, 3.63) is 85.1 Å². The number of esters is 1. The number of carbonyl (C=O) groups excluding carboxylic acids is 2. The molecule has 3 unspecified atom stereocenters. The molecular weight excluding hydrogens is 976 g/mol. The summed E-state index contributed by atoms with van der Waals surface area (Å²) in [7, 11) is 1.16. The van der Waals surface area contributed by atoms with Crippen LogP contribution in [0.5, 0.6) is 0 Å². The molecular formula is C67H121N2O7P. The molecule has 0 aliphatic heterocycles. The number of amides is 1. The van der Waals surface area contributed by atoms with E-state index in [1.165, 1.54) is 148 Å². The number of rotatable bonds is 57. The van der Waals surface area contributed by atoms with Crippen LogP contribution in [-0.4, -0.2) is 69.4 Å². The molecule has 0 fully saturated rings. The van der Waals surface area contributed by atoms with E-state index in [2.05, 4.69) is 99.0 Å². The van der Waals surface area contributed by atoms with E-state index < -0.39 is 26.6 Å². The molecule has 0 rings (SSSR count). The third kappa shape index (κ3) is 57.7. The molecule has 0 saturated carbocycles. The first kappa shape index (κ1) is 74.2. The molecule has 0 aromatic rings. The summed E-state index contributed by atoms with van der Waals surface area (Å²) in [6, 6.07) is -0.910. The van der Waals surface area contributed by atoms with Gasteiger partial charge in [-0.05, 0) is 102 Å². The zero-order chi connectivity index (χ0) is 56.4. The van der Waals surface area contributed by atoms with Gasteiger partial charge < -0.3 is 28.5 Å². The minimum absolute atomic E-state index is 0.0323. The highest BCUT2D eigenvalue weighted by Crippen LogP contribution is 2.38. The van der Waals surface area contributed by atoms with E-state index in [9.17, 15) is 19.0 Å². The van der Waals surface area contributed by atoms with Crippen LogP contribution in [0, 0.1) is 0 Å². The van der Waals surface area contributed by atoms with Crippen molar-refractivity contribution in [1.82, 2.24) is 5.32 Å². The summed E-state index contributed by atoms with van der Waals surface area (Å²) in [6.45, 7) is 6.71. The largest absolute Gasteiger partial charge is 0.756 e. The van der Waals surface area contributed by atoms with Crippen LogP contribution < -0.4 is 10.2 Å². The van der Waals surface area contributed by atoms with Gasteiger partial charge in [-0.2, -0.15) is 0 Å². The third-order valence-electron chi connectivity index (χ3n) is 13.8. The molecule has 0 aromatic heterocycles. The summed E-state index contributed by atoms with van der Waals surface area (Å²) in [5.74, 6) is -0.579. The Morgan fingerprint density at radius 3 is 1.27 bits per heavy atom. The van der Waals surface area contributed by atoms with Gasteiger partial charge in [0.1, 0.15) is 19.3 Å². The van der Waals surface area contributed by atoms with Gasteiger partial charge in [0.15, 0.2) is 0 Å². The van der Waals surface area contributed by atoms with Crippen molar-refractivity contribution >= 4 is 19.7 Å². The van der Waals surface area contributed by atoms with Crippen molar-refractivity contribution in [3.63, 3.8) is 0 Å². The Kier molecular flexibility index (Phi) is 54.4. The third-order valence-corrected chi connectivity index (χ3v) is 14.8. The number of phosphoric ester groups is 1. The van der Waals surface area contributed by atoms with E-state index >= 15 is 0 Å². The van der Waals surface area contributed by atoms with Crippen molar-refractivity contribution < 1.29 is 37.3 Å². The lowest BCUT2D eigenvalue weighted by molar-refractivity contribution is -0.870. The highest BCUT2D eigenvalue weighted by atomic mass is 31.2. The minimum atomic E-state index is -4.71. The second kappa shape index (κ2) is 56.5. The molecule has 0 aromatic carbocycles. The van der Waals surface area contributed by atoms with Crippen molar-refractivity contribution in [1.29, 1.82) is 0 Å². The fraction of sp³-hybridized carbons (Fsp3) is 0.761. The number of nitrogens with zero attached hydrogens (tertiary/aromatic N) is 1. The Bertz CT molecular complexity index is 1590. The maximum absolute atomic E-state index is 13.5. The molecule has 10 heteroatoms. The van der Waals surface area contributed by atoms with Crippen molar-refractivity contribution in [2.24, 2.45) is 0 Å². The Morgan fingerprint density at radius 2 is 0.831 bits per heavy atom. The zero-order valence-electron chi connectivity index (χ0n) is 50.9. The number of carbonyl (C=O) groups is 2. The minimum Gasteiger partial charge on any atom is -0.756 e. The first-order valence-corrected chi connectivity index (χ1v) is 33.4.